The van der Waals surface area contributed by atoms with E-state index in [1.54, 1.807) is 0 Å². The predicted molar refractivity (Wildman–Crippen MR) is 390 cm³/mol. The summed E-state index contributed by atoms with van der Waals surface area (Å²) < 4.78 is 68.3. The summed E-state index contributed by atoms with van der Waals surface area (Å²) >= 11 is 0. The lowest BCUT2D eigenvalue weighted by molar-refractivity contribution is -0.161. The molecule has 5 atom stereocenters. The van der Waals surface area contributed by atoms with Crippen LogP contribution in [-0.4, -0.2) is 96.7 Å². The smallest absolute Gasteiger partial charge is 0.462 e. The molecule has 0 radical (unpaired) electrons. The lowest BCUT2D eigenvalue weighted by atomic mass is 10.1. The van der Waals surface area contributed by atoms with Gasteiger partial charge in [0.1, 0.15) is 19.3 Å². The molecule has 0 heterocycles. The van der Waals surface area contributed by atoms with Gasteiger partial charge in [-0.25, -0.2) is 9.13 Å². The predicted octanol–water partition coefficient (Wildman–Crippen LogP) is 21.2. The summed E-state index contributed by atoms with van der Waals surface area (Å²) in [6.45, 7) is 4.61. The number of esters is 4. The van der Waals surface area contributed by atoms with E-state index in [0.29, 0.717) is 25.7 Å². The second kappa shape index (κ2) is 69.5. The summed E-state index contributed by atoms with van der Waals surface area (Å²) in [5.41, 5.74) is 0. The van der Waals surface area contributed by atoms with Crippen molar-refractivity contribution in [2.45, 2.75) is 329 Å². The molecular weight excluding hydrogens is 1260 g/mol. The molecule has 554 valence electrons. The van der Waals surface area contributed by atoms with Gasteiger partial charge in [0.2, 0.25) is 0 Å². The number of hydrogen-bond donors (Lipinski definition) is 3. The Morgan fingerprint density at radius 1 is 0.302 bits per heavy atom. The molecular formula is C77H134O17P2. The molecule has 0 saturated carbocycles. The maximum Gasteiger partial charge on any atom is 0.472 e. The van der Waals surface area contributed by atoms with E-state index < -0.39 is 97.5 Å². The average Bonchev–Trinajstić information content (AvgIpc) is 1.15. The third-order valence-electron chi connectivity index (χ3n) is 15.5. The Morgan fingerprint density at radius 3 is 0.875 bits per heavy atom. The number of carbonyl (C=O) groups excluding carboxylic acids is 4. The van der Waals surface area contributed by atoms with Gasteiger partial charge in [-0.2, -0.15) is 0 Å². The van der Waals surface area contributed by atoms with Gasteiger partial charge in [0.25, 0.3) is 0 Å². The zero-order valence-corrected chi connectivity index (χ0v) is 62.1. The topological polar surface area (TPSA) is 237 Å². The van der Waals surface area contributed by atoms with Crippen LogP contribution < -0.4 is 0 Å². The Labute approximate surface area is 582 Å². The molecule has 0 aliphatic rings. The maximum absolute atomic E-state index is 13.0. The number of rotatable bonds is 70. The molecule has 0 bridgehead atoms. The summed E-state index contributed by atoms with van der Waals surface area (Å²) in [5, 5.41) is 10.6. The van der Waals surface area contributed by atoms with Gasteiger partial charge in [0, 0.05) is 25.7 Å². The minimum Gasteiger partial charge on any atom is -0.462 e. The highest BCUT2D eigenvalue weighted by Gasteiger charge is 2.30. The summed E-state index contributed by atoms with van der Waals surface area (Å²) in [5.74, 6) is -2.22. The third kappa shape index (κ3) is 68.5. The molecule has 19 heteroatoms. The van der Waals surface area contributed by atoms with Crippen molar-refractivity contribution >= 4 is 39.5 Å². The van der Waals surface area contributed by atoms with Crippen molar-refractivity contribution in [2.24, 2.45) is 0 Å². The highest BCUT2D eigenvalue weighted by atomic mass is 31.2. The minimum absolute atomic E-state index is 0.0806. The first-order chi connectivity index (χ1) is 46.7. The summed E-state index contributed by atoms with van der Waals surface area (Å²) in [7, 11) is -9.95. The molecule has 0 aliphatic carbocycles. The number of aliphatic hydroxyl groups excluding tert-OH is 1. The van der Waals surface area contributed by atoms with E-state index in [0.717, 1.165) is 186 Å². The number of unbranched alkanes of at least 4 members (excludes halogenated alkanes) is 28. The van der Waals surface area contributed by atoms with E-state index in [2.05, 4.69) is 125 Å². The van der Waals surface area contributed by atoms with E-state index in [-0.39, 0.29) is 25.7 Å². The number of carbonyl (C=O) groups is 4. The van der Waals surface area contributed by atoms with Crippen LogP contribution in [0.15, 0.2) is 97.2 Å². The Morgan fingerprint density at radius 2 is 0.552 bits per heavy atom. The number of phosphoric acid groups is 2. The molecule has 3 N–H and O–H groups in total. The highest BCUT2D eigenvalue weighted by molar-refractivity contribution is 7.47. The summed E-state index contributed by atoms with van der Waals surface area (Å²) in [4.78, 5) is 72.7. The largest absolute Gasteiger partial charge is 0.472 e. The molecule has 0 aromatic heterocycles. The van der Waals surface area contributed by atoms with Gasteiger partial charge < -0.3 is 33.8 Å². The summed E-state index contributed by atoms with van der Waals surface area (Å²) in [6, 6.07) is 0. The molecule has 0 spiro atoms. The first-order valence-corrected chi connectivity index (χ1v) is 40.5. The van der Waals surface area contributed by atoms with Crippen LogP contribution in [0.25, 0.3) is 0 Å². The fraction of sp³-hybridized carbons (Fsp3) is 0.740. The Kier molecular flexibility index (Phi) is 66.6. The lowest BCUT2D eigenvalue weighted by Gasteiger charge is -2.21. The highest BCUT2D eigenvalue weighted by Crippen LogP contribution is 2.45. The van der Waals surface area contributed by atoms with Crippen LogP contribution in [0.5, 0.6) is 0 Å². The van der Waals surface area contributed by atoms with Gasteiger partial charge in [0.15, 0.2) is 12.2 Å². The molecule has 0 saturated heterocycles. The Balaban J connectivity index is 5.29. The number of aliphatic hydroxyl groups is 1. The molecule has 0 aromatic carbocycles. The van der Waals surface area contributed by atoms with Crippen LogP contribution in [0.2, 0.25) is 0 Å². The zero-order valence-electron chi connectivity index (χ0n) is 60.3. The van der Waals surface area contributed by atoms with Crippen molar-refractivity contribution in [1.82, 2.24) is 0 Å². The monoisotopic (exact) mass is 1390 g/mol. The number of phosphoric ester groups is 2. The Hall–Kier alpha value is -4.02. The van der Waals surface area contributed by atoms with E-state index >= 15 is 0 Å². The quantitative estimate of drug-likeness (QED) is 0.0169. The van der Waals surface area contributed by atoms with Gasteiger partial charge in [-0.15, -0.1) is 0 Å². The van der Waals surface area contributed by atoms with E-state index in [4.69, 9.17) is 37.0 Å². The first kappa shape index (κ1) is 92.0. The summed E-state index contributed by atoms with van der Waals surface area (Å²) in [6.07, 6.45) is 71.2. The SMILES string of the molecule is CC/C=C\C/C=C\C/C=C\C/C=C\CCCCCCCCC(=O)OCC(COP(=O)(O)OCC(O)COP(=O)(O)OCC(COC(=O)CCCCCCC/C=C\C/C=C\CCCCC)OC(=O)CCCCCCC/C=C\CCCC)OC(=O)CCCCCCC/C=C\CCCC. The number of ether oxygens (including phenoxy) is 4. The van der Waals surface area contributed by atoms with Crippen molar-refractivity contribution in [3.8, 4) is 0 Å². The van der Waals surface area contributed by atoms with Crippen molar-refractivity contribution in [1.29, 1.82) is 0 Å². The van der Waals surface area contributed by atoms with E-state index in [9.17, 15) is 43.2 Å². The molecule has 0 fully saturated rings. The molecule has 17 nitrogen and oxygen atoms in total. The second-order valence-electron chi connectivity index (χ2n) is 24.8. The lowest BCUT2D eigenvalue weighted by Crippen LogP contribution is -2.30. The van der Waals surface area contributed by atoms with Crippen LogP contribution >= 0.6 is 15.6 Å². The van der Waals surface area contributed by atoms with Gasteiger partial charge in [-0.05, 0) is 135 Å². The van der Waals surface area contributed by atoms with Crippen LogP contribution in [0.4, 0.5) is 0 Å². The van der Waals surface area contributed by atoms with Crippen LogP contribution in [0.3, 0.4) is 0 Å². The molecule has 96 heavy (non-hydrogen) atoms. The van der Waals surface area contributed by atoms with Crippen LogP contribution in [-0.2, 0) is 65.4 Å². The van der Waals surface area contributed by atoms with Crippen molar-refractivity contribution < 1.29 is 80.2 Å². The fourth-order valence-corrected chi connectivity index (χ4v) is 11.3. The minimum atomic E-state index is -4.97. The van der Waals surface area contributed by atoms with E-state index in [1.165, 1.54) is 44.9 Å². The third-order valence-corrected chi connectivity index (χ3v) is 17.4. The molecule has 0 aliphatic heterocycles. The molecule has 5 unspecified atom stereocenters. The Bertz CT molecular complexity index is 2200. The van der Waals surface area contributed by atoms with Crippen LogP contribution in [0, 0.1) is 0 Å². The maximum atomic E-state index is 13.0. The van der Waals surface area contributed by atoms with Crippen molar-refractivity contribution in [3.05, 3.63) is 97.2 Å². The van der Waals surface area contributed by atoms with Crippen LogP contribution in [0.1, 0.15) is 310 Å². The van der Waals surface area contributed by atoms with Crippen molar-refractivity contribution in [3.63, 3.8) is 0 Å². The zero-order chi connectivity index (χ0) is 70.4. The van der Waals surface area contributed by atoms with Crippen molar-refractivity contribution in [2.75, 3.05) is 39.6 Å². The van der Waals surface area contributed by atoms with Gasteiger partial charge in [-0.1, -0.05) is 247 Å². The molecule has 0 rings (SSSR count). The number of allylic oxidation sites excluding steroid dienone is 16. The fourth-order valence-electron chi connectivity index (χ4n) is 9.73. The average molecular weight is 1390 g/mol. The molecule has 0 aromatic rings. The standard InChI is InChI=1S/C77H134O17P2/c1-5-9-13-17-21-25-29-31-33-34-35-36-38-40-44-46-50-54-58-62-75(80)88-68-73(94-77(82)64-60-56-52-48-42-28-24-20-16-12-8-4)70-92-96(85,86)90-66-71(78)65-89-95(83,84)91-69-72(93-76(81)63-59-55-51-47-41-27-23-19-15-11-7-3)67-87-74(79)61-57-53-49-45-43-39-37-32-30-26-22-18-14-10-6-2/h9,13,19-26,31-33,35-37,71-73,78H,5-8,10-12,14-18,27-30,34,38-70H2,1-4H3,(H,83,84)(H,85,86)/b13-9-,23-19-,24-20-,25-21-,26-22-,33-31-,36-35-,37-32-. The second-order valence-corrected chi connectivity index (χ2v) is 27.8. The normalized spacial score (nSPS) is 14.5. The van der Waals surface area contributed by atoms with Gasteiger partial charge in [0.05, 0.1) is 26.4 Å². The van der Waals surface area contributed by atoms with E-state index in [1.807, 2.05) is 0 Å². The van der Waals surface area contributed by atoms with Gasteiger partial charge in [-0.3, -0.25) is 37.3 Å². The van der Waals surface area contributed by atoms with Gasteiger partial charge >= 0.3 is 39.5 Å². The molecule has 0 amide bonds. The number of hydrogen-bond acceptors (Lipinski definition) is 15. The first-order valence-electron chi connectivity index (χ1n) is 37.5.